The van der Waals surface area contributed by atoms with E-state index in [1.165, 1.54) is 9.71 Å². The molecule has 0 spiro atoms. The van der Waals surface area contributed by atoms with Crippen LogP contribution in [0.3, 0.4) is 0 Å². The van der Waals surface area contributed by atoms with E-state index in [-0.39, 0.29) is 30.9 Å². The van der Waals surface area contributed by atoms with E-state index >= 15 is 0 Å². The molecule has 0 radical (unpaired) electrons. The van der Waals surface area contributed by atoms with E-state index in [0.717, 1.165) is 11.1 Å². The normalized spacial score (nSPS) is 15.9. The monoisotopic (exact) mass is 438 g/mol. The van der Waals surface area contributed by atoms with Gasteiger partial charge in [0.15, 0.2) is 0 Å². The zero-order valence-electron chi connectivity index (χ0n) is 16.7. The third-order valence-corrected chi connectivity index (χ3v) is 6.66. The van der Waals surface area contributed by atoms with Gasteiger partial charge in [-0.25, -0.2) is 8.42 Å². The molecule has 4 rings (SSSR count). The highest BCUT2D eigenvalue weighted by Gasteiger charge is 2.30. The SMILES string of the molecule is O=C(Nc1nnc(-c2ccccc2)o1)C1CCN(S(=O)(=O)C=Cc2ccccc2)CC1. The number of hydrogen-bond donors (Lipinski definition) is 1. The lowest BCUT2D eigenvalue weighted by Crippen LogP contribution is -2.40. The lowest BCUT2D eigenvalue weighted by molar-refractivity contribution is -0.121. The first-order chi connectivity index (χ1) is 15.0. The Labute approximate surface area is 180 Å². The number of benzene rings is 2. The maximum absolute atomic E-state index is 12.6. The number of carbonyl (C=O) groups excluding carboxylic acids is 1. The number of rotatable bonds is 6. The van der Waals surface area contributed by atoms with Gasteiger partial charge in [0, 0.05) is 30.0 Å². The molecule has 1 aromatic heterocycles. The van der Waals surface area contributed by atoms with Crippen LogP contribution in [0.25, 0.3) is 17.5 Å². The Bertz CT molecular complexity index is 1150. The lowest BCUT2D eigenvalue weighted by atomic mass is 9.97. The summed E-state index contributed by atoms with van der Waals surface area (Å²) < 4.78 is 32.0. The van der Waals surface area contributed by atoms with E-state index in [1.54, 1.807) is 6.08 Å². The summed E-state index contributed by atoms with van der Waals surface area (Å²) >= 11 is 0. The molecule has 1 amide bonds. The number of piperidine rings is 1. The van der Waals surface area contributed by atoms with Gasteiger partial charge in [0.25, 0.3) is 0 Å². The first-order valence-corrected chi connectivity index (χ1v) is 11.4. The van der Waals surface area contributed by atoms with Crippen molar-refractivity contribution in [3.63, 3.8) is 0 Å². The molecule has 8 nitrogen and oxygen atoms in total. The van der Waals surface area contributed by atoms with Gasteiger partial charge in [0.1, 0.15) is 0 Å². The summed E-state index contributed by atoms with van der Waals surface area (Å²) in [5.41, 5.74) is 1.58. The molecule has 9 heteroatoms. The number of carbonyl (C=O) groups is 1. The molecule has 1 aliphatic rings. The van der Waals surface area contributed by atoms with Crippen LogP contribution in [0, 0.1) is 5.92 Å². The summed E-state index contributed by atoms with van der Waals surface area (Å²) in [6.45, 7) is 0.553. The van der Waals surface area contributed by atoms with Crippen molar-refractivity contribution in [1.82, 2.24) is 14.5 Å². The van der Waals surface area contributed by atoms with Crippen molar-refractivity contribution >= 4 is 28.0 Å². The first-order valence-electron chi connectivity index (χ1n) is 9.94. The molecule has 1 saturated heterocycles. The highest BCUT2D eigenvalue weighted by atomic mass is 32.2. The van der Waals surface area contributed by atoms with Crippen LogP contribution in [-0.2, 0) is 14.8 Å². The summed E-state index contributed by atoms with van der Waals surface area (Å²) in [5.74, 6) is -0.251. The predicted molar refractivity (Wildman–Crippen MR) is 117 cm³/mol. The second kappa shape index (κ2) is 9.23. The average molecular weight is 439 g/mol. The summed E-state index contributed by atoms with van der Waals surface area (Å²) in [6.07, 6.45) is 2.42. The summed E-state index contributed by atoms with van der Waals surface area (Å²) in [5, 5.41) is 11.7. The highest BCUT2D eigenvalue weighted by molar-refractivity contribution is 7.92. The molecular formula is C22H22N4O4S. The summed E-state index contributed by atoms with van der Waals surface area (Å²) in [6, 6.07) is 18.5. The van der Waals surface area contributed by atoms with E-state index in [2.05, 4.69) is 15.5 Å². The molecule has 0 aliphatic carbocycles. The Kier molecular flexibility index (Phi) is 6.24. The Balaban J connectivity index is 1.32. The fourth-order valence-electron chi connectivity index (χ4n) is 3.37. The van der Waals surface area contributed by atoms with Crippen LogP contribution in [0.5, 0.6) is 0 Å². The Morgan fingerprint density at radius 1 is 1.00 bits per heavy atom. The lowest BCUT2D eigenvalue weighted by Gasteiger charge is -2.29. The van der Waals surface area contributed by atoms with Gasteiger partial charge >= 0.3 is 6.01 Å². The van der Waals surface area contributed by atoms with Crippen molar-refractivity contribution in [2.24, 2.45) is 5.92 Å². The van der Waals surface area contributed by atoms with Crippen molar-refractivity contribution in [2.45, 2.75) is 12.8 Å². The minimum absolute atomic E-state index is 0.0321. The van der Waals surface area contributed by atoms with Crippen LogP contribution in [-0.4, -0.2) is 41.9 Å². The molecule has 0 unspecified atom stereocenters. The smallest absolute Gasteiger partial charge is 0.322 e. The third kappa shape index (κ3) is 5.25. The van der Waals surface area contributed by atoms with Crippen LogP contribution in [0.15, 0.2) is 70.5 Å². The Hall–Kier alpha value is -3.30. The standard InChI is InChI=1S/C22H22N4O4S/c27-20(23-22-25-24-21(30-22)19-9-5-2-6-10-19)18-11-14-26(15-12-18)31(28,29)16-13-17-7-3-1-4-8-17/h1-10,13,16,18H,11-12,14-15H2,(H,23,25,27). The van der Waals surface area contributed by atoms with Gasteiger partial charge in [-0.1, -0.05) is 53.6 Å². The number of anilines is 1. The van der Waals surface area contributed by atoms with Crippen LogP contribution < -0.4 is 5.32 Å². The fraction of sp³-hybridized carbons (Fsp3) is 0.227. The van der Waals surface area contributed by atoms with Crippen molar-refractivity contribution in [1.29, 1.82) is 0 Å². The molecule has 2 aromatic carbocycles. The zero-order chi connectivity index (χ0) is 21.7. The van der Waals surface area contributed by atoms with Crippen LogP contribution >= 0.6 is 0 Å². The molecule has 0 bridgehead atoms. The van der Waals surface area contributed by atoms with Gasteiger partial charge in [0.05, 0.1) is 0 Å². The molecular weight excluding hydrogens is 416 g/mol. The molecule has 160 valence electrons. The second-order valence-electron chi connectivity index (χ2n) is 7.20. The quantitative estimate of drug-likeness (QED) is 0.632. The van der Waals surface area contributed by atoms with E-state index in [0.29, 0.717) is 18.7 Å². The third-order valence-electron chi connectivity index (χ3n) is 5.09. The number of nitrogens with zero attached hydrogens (tertiary/aromatic N) is 3. The number of amides is 1. The molecule has 1 aliphatic heterocycles. The summed E-state index contributed by atoms with van der Waals surface area (Å²) in [4.78, 5) is 12.6. The Morgan fingerprint density at radius 3 is 2.32 bits per heavy atom. The molecule has 1 N–H and O–H groups in total. The number of hydrogen-bond acceptors (Lipinski definition) is 6. The van der Waals surface area contributed by atoms with E-state index in [4.69, 9.17) is 4.42 Å². The van der Waals surface area contributed by atoms with Crippen molar-refractivity contribution < 1.29 is 17.6 Å². The van der Waals surface area contributed by atoms with Crippen LogP contribution in [0.1, 0.15) is 18.4 Å². The van der Waals surface area contributed by atoms with Gasteiger partial charge in [-0.3, -0.25) is 10.1 Å². The molecule has 31 heavy (non-hydrogen) atoms. The van der Waals surface area contributed by atoms with E-state index < -0.39 is 10.0 Å². The van der Waals surface area contributed by atoms with Crippen molar-refractivity contribution in [3.8, 4) is 11.5 Å². The minimum atomic E-state index is -3.54. The number of nitrogens with one attached hydrogen (secondary N) is 1. The zero-order valence-corrected chi connectivity index (χ0v) is 17.5. The van der Waals surface area contributed by atoms with E-state index in [9.17, 15) is 13.2 Å². The van der Waals surface area contributed by atoms with Crippen LogP contribution in [0.2, 0.25) is 0 Å². The fourth-order valence-corrected chi connectivity index (χ4v) is 4.59. The van der Waals surface area contributed by atoms with E-state index in [1.807, 2.05) is 60.7 Å². The first kappa shape index (κ1) is 21.0. The average Bonchev–Trinajstić information content (AvgIpc) is 3.28. The molecule has 0 atom stereocenters. The van der Waals surface area contributed by atoms with Gasteiger partial charge < -0.3 is 4.42 Å². The van der Waals surface area contributed by atoms with Gasteiger partial charge in [-0.15, -0.1) is 5.10 Å². The predicted octanol–water partition coefficient (Wildman–Crippen LogP) is 3.39. The van der Waals surface area contributed by atoms with Crippen LogP contribution in [0.4, 0.5) is 6.01 Å². The minimum Gasteiger partial charge on any atom is -0.403 e. The number of aromatic nitrogens is 2. The molecule has 0 saturated carbocycles. The maximum atomic E-state index is 12.6. The molecule has 1 fully saturated rings. The van der Waals surface area contributed by atoms with Gasteiger partial charge in [-0.2, -0.15) is 4.31 Å². The maximum Gasteiger partial charge on any atom is 0.322 e. The number of sulfonamides is 1. The highest BCUT2D eigenvalue weighted by Crippen LogP contribution is 2.24. The molecule has 2 heterocycles. The van der Waals surface area contributed by atoms with Crippen molar-refractivity contribution in [2.75, 3.05) is 18.4 Å². The largest absolute Gasteiger partial charge is 0.403 e. The van der Waals surface area contributed by atoms with Crippen molar-refractivity contribution in [3.05, 3.63) is 71.6 Å². The molecule has 3 aromatic rings. The second-order valence-corrected chi connectivity index (χ2v) is 9.02. The Morgan fingerprint density at radius 2 is 1.65 bits per heavy atom. The topological polar surface area (TPSA) is 105 Å². The summed E-state index contributed by atoms with van der Waals surface area (Å²) in [7, 11) is -3.54. The van der Waals surface area contributed by atoms with Gasteiger partial charge in [-0.05, 0) is 36.6 Å². The van der Waals surface area contributed by atoms with Gasteiger partial charge in [0.2, 0.25) is 21.8 Å².